The van der Waals surface area contributed by atoms with Crippen LogP contribution < -0.4 is 10.2 Å². The van der Waals surface area contributed by atoms with Crippen LogP contribution >= 0.6 is 12.2 Å². The number of nitroso groups, excluding NO2 is 1. The van der Waals surface area contributed by atoms with Crippen LogP contribution in [0.15, 0.2) is 47.6 Å². The summed E-state index contributed by atoms with van der Waals surface area (Å²) in [6, 6.07) is 12.1. The molecule has 2 aromatic rings. The predicted molar refractivity (Wildman–Crippen MR) is 140 cm³/mol. The Morgan fingerprint density at radius 3 is 2.33 bits per heavy atom. The van der Waals surface area contributed by atoms with Gasteiger partial charge in [-0.15, -0.1) is 4.91 Å². The van der Waals surface area contributed by atoms with Gasteiger partial charge in [-0.1, -0.05) is 29.9 Å². The van der Waals surface area contributed by atoms with Crippen LogP contribution in [0.2, 0.25) is 0 Å². The highest BCUT2D eigenvalue weighted by Crippen LogP contribution is 2.38. The molecule has 0 bridgehead atoms. The second-order valence-corrected chi connectivity index (χ2v) is 9.92. The number of piperazine rings is 1. The van der Waals surface area contributed by atoms with E-state index in [1.165, 1.54) is 17.3 Å². The zero-order chi connectivity index (χ0) is 25.7. The molecule has 1 saturated carbocycles. The second-order valence-electron chi connectivity index (χ2n) is 9.45. The molecule has 6 nitrogen and oxygen atoms in total. The van der Waals surface area contributed by atoms with Crippen LogP contribution in [-0.4, -0.2) is 54.8 Å². The lowest BCUT2D eigenvalue weighted by molar-refractivity contribution is -0.137. The monoisotopic (exact) mass is 520 g/mol. The van der Waals surface area contributed by atoms with Crippen molar-refractivity contribution in [3.05, 3.63) is 58.5 Å². The number of benzene rings is 2. The summed E-state index contributed by atoms with van der Waals surface area (Å²) in [5.74, 6) is 0. The molecule has 0 spiro atoms. The van der Waals surface area contributed by atoms with Crippen LogP contribution in [0, 0.1) is 11.8 Å². The minimum atomic E-state index is -4.63. The van der Waals surface area contributed by atoms with E-state index in [1.54, 1.807) is 0 Å². The molecule has 2 aliphatic rings. The molecule has 0 amide bonds. The number of hydrogen-bond acceptors (Lipinski definition) is 6. The molecule has 0 atom stereocenters. The largest absolute Gasteiger partial charge is 0.418 e. The number of rotatable bonds is 7. The number of nitrogens with zero attached hydrogens (tertiary/aromatic N) is 3. The van der Waals surface area contributed by atoms with Gasteiger partial charge in [0.15, 0.2) is 0 Å². The third kappa shape index (κ3) is 6.73. The lowest BCUT2D eigenvalue weighted by atomic mass is 9.92. The molecular formula is C26H31F3N4O2S. The maximum atomic E-state index is 13.2. The highest BCUT2D eigenvalue weighted by atomic mass is 32.1. The Morgan fingerprint density at radius 1 is 1.06 bits per heavy atom. The van der Waals surface area contributed by atoms with Crippen LogP contribution in [-0.2, 0) is 10.9 Å². The number of alkyl halides is 3. The number of ether oxygens (including phenoxy) is 1. The van der Waals surface area contributed by atoms with Crippen molar-refractivity contribution >= 4 is 34.3 Å². The Balaban J connectivity index is 1.19. The Hall–Kier alpha value is -2.72. The fraction of sp³-hybridized carbons (Fsp3) is 0.500. The van der Waals surface area contributed by atoms with Crippen molar-refractivity contribution in [3.63, 3.8) is 0 Å². The molecule has 0 unspecified atom stereocenters. The Bertz CT molecular complexity index is 1050. The molecule has 2 aromatic carbocycles. The van der Waals surface area contributed by atoms with Crippen LogP contribution in [0.3, 0.4) is 0 Å². The van der Waals surface area contributed by atoms with Crippen LogP contribution in [0.1, 0.15) is 36.8 Å². The third-order valence-corrected chi connectivity index (χ3v) is 7.30. The minimum Gasteiger partial charge on any atom is -0.382 e. The molecule has 1 heterocycles. The van der Waals surface area contributed by atoms with E-state index in [4.69, 9.17) is 17.0 Å². The molecule has 1 N–H and O–H groups in total. The van der Waals surface area contributed by atoms with Gasteiger partial charge in [-0.25, -0.2) is 0 Å². The van der Waals surface area contributed by atoms with E-state index in [0.717, 1.165) is 69.0 Å². The van der Waals surface area contributed by atoms with E-state index < -0.39 is 17.4 Å². The van der Waals surface area contributed by atoms with E-state index in [2.05, 4.69) is 51.5 Å². The van der Waals surface area contributed by atoms with E-state index in [0.29, 0.717) is 12.3 Å². The summed E-state index contributed by atoms with van der Waals surface area (Å²) >= 11 is 5.64. The third-order valence-electron chi connectivity index (χ3n) is 6.92. The van der Waals surface area contributed by atoms with Crippen LogP contribution in [0.4, 0.5) is 30.2 Å². The molecule has 2 fully saturated rings. The smallest absolute Gasteiger partial charge is 0.382 e. The van der Waals surface area contributed by atoms with Gasteiger partial charge in [0.25, 0.3) is 0 Å². The van der Waals surface area contributed by atoms with Crippen molar-refractivity contribution in [2.75, 3.05) is 43.0 Å². The lowest BCUT2D eigenvalue weighted by Gasteiger charge is -2.38. The number of halogens is 3. The molecule has 10 heteroatoms. The van der Waals surface area contributed by atoms with E-state index in [9.17, 15) is 18.1 Å². The number of thiocarbonyl (C=S) groups is 1. The average Bonchev–Trinajstić information content (AvgIpc) is 2.88. The van der Waals surface area contributed by atoms with E-state index >= 15 is 0 Å². The number of aryl methyl sites for hydroxylation is 1. The first-order chi connectivity index (χ1) is 17.2. The first kappa shape index (κ1) is 26.3. The maximum Gasteiger partial charge on any atom is 0.418 e. The summed E-state index contributed by atoms with van der Waals surface area (Å²) in [6.07, 6.45) is -1.37. The highest BCUT2D eigenvalue weighted by Gasteiger charge is 2.34. The Kier molecular flexibility index (Phi) is 8.46. The standard InChI is InChI=1S/C26H31F3N4O2S/c1-18-2-7-21(8-3-18)32-12-14-33(15-13-32)25(36)17-35-22-9-4-19(5-10-22)30-20-6-11-24(31-34)23(16-20)26(27,28)29/h2-3,6-8,11,16,19,22,30H,4-5,9-10,12-15,17H2,1H3. The fourth-order valence-corrected chi connectivity index (χ4v) is 5.04. The summed E-state index contributed by atoms with van der Waals surface area (Å²) in [5.41, 5.74) is 1.20. The zero-order valence-corrected chi connectivity index (χ0v) is 21.1. The molecule has 1 saturated heterocycles. The summed E-state index contributed by atoms with van der Waals surface area (Å²) in [7, 11) is 0. The van der Waals surface area contributed by atoms with Gasteiger partial charge >= 0.3 is 6.18 Å². The van der Waals surface area contributed by atoms with Crippen LogP contribution in [0.5, 0.6) is 0 Å². The number of hydrogen-bond donors (Lipinski definition) is 1. The average molecular weight is 521 g/mol. The molecule has 0 radical (unpaired) electrons. The SMILES string of the molecule is Cc1ccc(N2CCN(C(=S)COC3CCC(Nc4ccc(N=O)c(C(F)(F)F)c4)CC3)CC2)cc1. The van der Waals surface area contributed by atoms with Crippen molar-refractivity contribution < 1.29 is 17.9 Å². The van der Waals surface area contributed by atoms with Gasteiger partial charge in [-0.2, -0.15) is 13.2 Å². The molecule has 194 valence electrons. The molecule has 1 aliphatic carbocycles. The van der Waals surface area contributed by atoms with Gasteiger partial charge in [0.2, 0.25) is 0 Å². The van der Waals surface area contributed by atoms with Crippen molar-refractivity contribution in [1.29, 1.82) is 0 Å². The Morgan fingerprint density at radius 2 is 1.72 bits per heavy atom. The summed E-state index contributed by atoms with van der Waals surface area (Å²) in [5, 5.41) is 5.66. The normalized spacial score (nSPS) is 20.8. The van der Waals surface area contributed by atoms with Gasteiger partial charge in [0.1, 0.15) is 10.7 Å². The lowest BCUT2D eigenvalue weighted by Crippen LogP contribution is -2.49. The van der Waals surface area contributed by atoms with Gasteiger partial charge in [-0.05, 0) is 68.1 Å². The van der Waals surface area contributed by atoms with Crippen molar-refractivity contribution in [2.45, 2.75) is 50.9 Å². The first-order valence-corrected chi connectivity index (χ1v) is 12.7. The summed E-state index contributed by atoms with van der Waals surface area (Å²) in [6.45, 7) is 6.07. The molecular weight excluding hydrogens is 489 g/mol. The highest BCUT2D eigenvalue weighted by molar-refractivity contribution is 7.80. The molecule has 1 aliphatic heterocycles. The van der Waals surface area contributed by atoms with Gasteiger partial charge in [-0.3, -0.25) is 0 Å². The van der Waals surface area contributed by atoms with Gasteiger partial charge in [0, 0.05) is 43.6 Å². The van der Waals surface area contributed by atoms with E-state index in [-0.39, 0.29) is 12.1 Å². The van der Waals surface area contributed by atoms with Gasteiger partial charge in [0.05, 0.1) is 18.3 Å². The molecule has 0 aromatic heterocycles. The molecule has 4 rings (SSSR count). The predicted octanol–water partition coefficient (Wildman–Crippen LogP) is 6.30. The topological polar surface area (TPSA) is 57.2 Å². The minimum absolute atomic E-state index is 0.0442. The first-order valence-electron chi connectivity index (χ1n) is 12.2. The van der Waals surface area contributed by atoms with Crippen molar-refractivity contribution in [1.82, 2.24) is 4.90 Å². The quantitative estimate of drug-likeness (QED) is 0.342. The van der Waals surface area contributed by atoms with E-state index in [1.807, 2.05) is 0 Å². The Labute approximate surface area is 214 Å². The number of anilines is 2. The number of nitrogens with one attached hydrogen (secondary N) is 1. The molecule has 36 heavy (non-hydrogen) atoms. The maximum absolute atomic E-state index is 13.2. The fourth-order valence-electron chi connectivity index (χ4n) is 4.79. The second kappa shape index (κ2) is 11.6. The summed E-state index contributed by atoms with van der Waals surface area (Å²) < 4.78 is 45.6. The van der Waals surface area contributed by atoms with Crippen molar-refractivity contribution in [3.8, 4) is 0 Å². The van der Waals surface area contributed by atoms with Gasteiger partial charge < -0.3 is 19.9 Å². The van der Waals surface area contributed by atoms with Crippen molar-refractivity contribution in [2.24, 2.45) is 5.18 Å². The zero-order valence-electron chi connectivity index (χ0n) is 20.3. The summed E-state index contributed by atoms with van der Waals surface area (Å²) in [4.78, 5) is 16.1. The van der Waals surface area contributed by atoms with Crippen LogP contribution in [0.25, 0.3) is 0 Å².